The second kappa shape index (κ2) is 12.9. The van der Waals surface area contributed by atoms with Crippen molar-refractivity contribution in [2.24, 2.45) is 0 Å². The first-order valence-electron chi connectivity index (χ1n) is 24.0. The molecule has 2 heterocycles. The summed E-state index contributed by atoms with van der Waals surface area (Å²) < 4.78 is 91.5. The van der Waals surface area contributed by atoms with E-state index in [-0.39, 0.29) is 35.5 Å². The van der Waals surface area contributed by atoms with Gasteiger partial charge in [0, 0.05) is 50.0 Å². The van der Waals surface area contributed by atoms with Crippen molar-refractivity contribution in [3.8, 4) is 22.3 Å². The number of aromatic nitrogens is 1. The van der Waals surface area contributed by atoms with Crippen LogP contribution in [-0.2, 0) is 5.41 Å². The molecule has 272 valence electrons. The first-order valence-corrected chi connectivity index (χ1v) is 19.8. The largest absolute Gasteiger partial charge is 0.309 e. The Kier molecular flexibility index (Phi) is 5.42. The summed E-state index contributed by atoms with van der Waals surface area (Å²) in [7, 11) is 0. The number of rotatable bonds is 6. The monoisotopic (exact) mass is 767 g/mol. The zero-order valence-electron chi connectivity index (χ0n) is 40.7. The fraction of sp³-hybridized carbons (Fsp3) is 0.0185. The molecule has 0 amide bonds. The summed E-state index contributed by atoms with van der Waals surface area (Å²) in [6, 6.07) is 41.5. The normalized spacial score (nSPS) is 15.4. The predicted molar refractivity (Wildman–Crippen MR) is 243 cm³/mol. The highest BCUT2D eigenvalue weighted by Crippen LogP contribution is 2.66. The van der Waals surface area contributed by atoms with Crippen LogP contribution in [0.1, 0.15) is 36.0 Å². The second-order valence-electron chi connectivity index (χ2n) is 14.3. The summed E-state index contributed by atoms with van der Waals surface area (Å²) in [6.45, 7) is 0. The van der Waals surface area contributed by atoms with Crippen molar-refractivity contribution in [3.05, 3.63) is 235 Å². The van der Waals surface area contributed by atoms with Crippen molar-refractivity contribution in [1.29, 1.82) is 0 Å². The lowest BCUT2D eigenvalue weighted by Gasteiger charge is -2.32. The predicted octanol–water partition coefficient (Wildman–Crippen LogP) is 14.7. The number of hydrogen-bond donors (Lipinski definition) is 0. The quantitative estimate of drug-likeness (QED) is 0.168. The van der Waals surface area contributed by atoms with Gasteiger partial charge in [0.05, 0.1) is 41.4 Å². The van der Waals surface area contributed by atoms with Crippen LogP contribution in [0.4, 0.5) is 34.1 Å². The van der Waals surface area contributed by atoms with E-state index in [0.717, 1.165) is 49.2 Å². The van der Waals surface area contributed by atoms with Crippen LogP contribution in [0.3, 0.4) is 0 Å². The maximum Gasteiger partial charge on any atom is 0.0824 e. The Morgan fingerprint density at radius 2 is 0.983 bits per heavy atom. The zero-order valence-corrected chi connectivity index (χ0v) is 31.5. The molecule has 4 heteroatoms. The molecule has 0 atom stereocenters. The van der Waals surface area contributed by atoms with Gasteiger partial charge in [0.2, 0.25) is 0 Å². The maximum atomic E-state index is 9.55. The van der Waals surface area contributed by atoms with Crippen molar-refractivity contribution in [3.63, 3.8) is 0 Å². The first-order chi connectivity index (χ1) is 33.0. The third-order valence-electron chi connectivity index (χ3n) is 11.5. The molecule has 0 bridgehead atoms. The Hall–Kier alpha value is -7.27. The number of fused-ring (bicyclic) bond motifs is 13. The molecule has 2 aliphatic carbocycles. The number of thiophene rings is 1. The smallest absolute Gasteiger partial charge is 0.0824 e. The minimum atomic E-state index is -0.842. The molecule has 1 spiro atoms. The van der Waals surface area contributed by atoms with Gasteiger partial charge in [-0.2, -0.15) is 0 Å². The molecule has 0 N–H and O–H groups in total. The Morgan fingerprint density at radius 1 is 0.483 bits per heavy atom. The van der Waals surface area contributed by atoms with Crippen molar-refractivity contribution in [2.75, 3.05) is 9.80 Å². The van der Waals surface area contributed by atoms with Crippen LogP contribution in [0.2, 0.25) is 0 Å². The second-order valence-corrected chi connectivity index (χ2v) is 15.4. The summed E-state index contributed by atoms with van der Waals surface area (Å²) in [5.41, 5.74) is 9.28. The summed E-state index contributed by atoms with van der Waals surface area (Å²) in [5, 5.41) is 1.34. The fourth-order valence-corrected chi connectivity index (χ4v) is 10.6. The maximum absolute atomic E-state index is 9.55. The van der Waals surface area contributed by atoms with E-state index in [2.05, 4.69) is 66.7 Å². The van der Waals surface area contributed by atoms with Crippen LogP contribution in [0.25, 0.3) is 42.4 Å². The number of hydrogen-bond acceptors (Lipinski definition) is 4. The highest BCUT2D eigenvalue weighted by Gasteiger charge is 2.53. The van der Waals surface area contributed by atoms with Crippen LogP contribution >= 0.6 is 11.3 Å². The first kappa shape index (κ1) is 24.4. The van der Waals surface area contributed by atoms with Gasteiger partial charge >= 0.3 is 0 Å². The molecule has 0 saturated carbocycles. The van der Waals surface area contributed by atoms with Gasteiger partial charge in [-0.3, -0.25) is 4.98 Å². The average Bonchev–Trinajstić information content (AvgIpc) is 4.01. The molecule has 0 unspecified atom stereocenters. The standard InChI is InChI=1S/C54H35N3S/c1-5-19-36(20-6-1)56(37-21-7-2-8-22-37)48-35-55-34-43-51-49(58-53(43)48)33-47-50(52(51)57(38-23-9-3-10-24-38)39-25-11-4-12-26-39)42-29-15-18-32-46(42)54(47)44-30-16-13-27-40(44)41-28-14-17-31-45(41)54/h1-35H/i1D,3D,5D,6D,9D,10D,19D,20D,23D,24D. The van der Waals surface area contributed by atoms with E-state index in [1.807, 2.05) is 77.7 Å². The van der Waals surface area contributed by atoms with E-state index in [1.54, 1.807) is 17.3 Å². The van der Waals surface area contributed by atoms with E-state index in [1.165, 1.54) is 11.3 Å². The summed E-state index contributed by atoms with van der Waals surface area (Å²) in [5.74, 6) is 0. The summed E-state index contributed by atoms with van der Waals surface area (Å²) in [4.78, 5) is 8.33. The van der Waals surface area contributed by atoms with Gasteiger partial charge in [-0.05, 0) is 93.4 Å². The van der Waals surface area contributed by atoms with Crippen LogP contribution in [0, 0.1) is 0 Å². The lowest BCUT2D eigenvalue weighted by atomic mass is 9.70. The molecule has 0 aliphatic heterocycles. The van der Waals surface area contributed by atoms with E-state index >= 15 is 0 Å². The number of nitrogens with zero attached hydrogens (tertiary/aromatic N) is 3. The molecule has 2 aromatic heterocycles. The van der Waals surface area contributed by atoms with Crippen LogP contribution in [0.5, 0.6) is 0 Å². The summed E-state index contributed by atoms with van der Waals surface area (Å²) >= 11 is 1.46. The van der Waals surface area contributed by atoms with Gasteiger partial charge in [0.15, 0.2) is 0 Å². The number of benzene rings is 8. The molecular formula is C54H35N3S. The highest BCUT2D eigenvalue weighted by molar-refractivity contribution is 7.26. The van der Waals surface area contributed by atoms with E-state index in [0.29, 0.717) is 38.2 Å². The zero-order chi connectivity index (χ0) is 46.9. The molecule has 0 saturated heterocycles. The van der Waals surface area contributed by atoms with Gasteiger partial charge < -0.3 is 9.80 Å². The molecule has 8 aromatic carbocycles. The molecule has 12 rings (SSSR count). The van der Waals surface area contributed by atoms with Gasteiger partial charge in [-0.15, -0.1) is 11.3 Å². The van der Waals surface area contributed by atoms with Crippen LogP contribution in [-0.4, -0.2) is 4.98 Å². The average molecular weight is 768 g/mol. The molecular weight excluding hydrogens is 723 g/mol. The molecule has 0 fully saturated rings. The van der Waals surface area contributed by atoms with Crippen molar-refractivity contribution in [2.45, 2.75) is 5.41 Å². The SMILES string of the molecule is [2H]c1c([2H])c([2H])c(N(c2ccccc2)c2cncc3c2sc2cc4c(c(N(c5ccccc5)c5c([2H])c([2H])c([2H])c([2H])c5[2H])c23)-c2ccccc2C42c3ccccc3-c3ccccc32)c([2H])c1[2H]. The molecule has 10 aromatic rings. The Labute approximate surface area is 355 Å². The Balaban J connectivity index is 1.30. The van der Waals surface area contributed by atoms with Crippen molar-refractivity contribution < 1.29 is 13.7 Å². The number of anilines is 6. The van der Waals surface area contributed by atoms with Gasteiger partial charge in [-0.25, -0.2) is 0 Å². The molecule has 2 aliphatic rings. The number of para-hydroxylation sites is 4. The van der Waals surface area contributed by atoms with Gasteiger partial charge in [-0.1, -0.05) is 145 Å². The topological polar surface area (TPSA) is 19.4 Å². The number of pyridine rings is 1. The van der Waals surface area contributed by atoms with E-state index in [9.17, 15) is 5.48 Å². The van der Waals surface area contributed by atoms with E-state index in [4.69, 9.17) is 13.2 Å². The van der Waals surface area contributed by atoms with Gasteiger partial charge in [0.1, 0.15) is 0 Å². The third kappa shape index (κ3) is 4.58. The summed E-state index contributed by atoms with van der Waals surface area (Å²) in [6.07, 6.45) is 3.39. The van der Waals surface area contributed by atoms with Gasteiger partial charge in [0.25, 0.3) is 0 Å². The molecule has 58 heavy (non-hydrogen) atoms. The Morgan fingerprint density at radius 3 is 1.59 bits per heavy atom. The minimum Gasteiger partial charge on any atom is -0.309 e. The van der Waals surface area contributed by atoms with Crippen LogP contribution < -0.4 is 9.80 Å². The fourth-order valence-electron chi connectivity index (χ4n) is 9.38. The van der Waals surface area contributed by atoms with Crippen molar-refractivity contribution in [1.82, 2.24) is 4.98 Å². The lowest BCUT2D eigenvalue weighted by molar-refractivity contribution is 0.795. The van der Waals surface area contributed by atoms with Crippen LogP contribution in [0.15, 0.2) is 212 Å². The van der Waals surface area contributed by atoms with E-state index < -0.39 is 41.7 Å². The highest BCUT2D eigenvalue weighted by atomic mass is 32.1. The minimum absolute atomic E-state index is 0.0314. The molecule has 0 radical (unpaired) electrons. The molecule has 3 nitrogen and oxygen atoms in total. The third-order valence-corrected chi connectivity index (χ3v) is 12.7. The lowest BCUT2D eigenvalue weighted by Crippen LogP contribution is -2.26. The van der Waals surface area contributed by atoms with Crippen molar-refractivity contribution >= 4 is 65.6 Å². The Bertz CT molecular complexity index is 3680.